The molecule has 0 radical (unpaired) electrons. The van der Waals surface area contributed by atoms with Gasteiger partial charge in [-0.1, -0.05) is 44.2 Å². The molecule has 0 spiro atoms. The van der Waals surface area contributed by atoms with Crippen molar-refractivity contribution in [3.8, 4) is 6.07 Å². The minimum absolute atomic E-state index is 0.0109. The van der Waals surface area contributed by atoms with E-state index in [1.165, 1.54) is 5.56 Å². The van der Waals surface area contributed by atoms with Crippen LogP contribution in [0.15, 0.2) is 30.3 Å². The van der Waals surface area contributed by atoms with E-state index in [1.54, 1.807) is 0 Å². The largest absolute Gasteiger partial charge is 0.198 e. The Labute approximate surface area is 85.4 Å². The highest BCUT2D eigenvalue weighted by atomic mass is 14.6. The van der Waals surface area contributed by atoms with Crippen molar-refractivity contribution in [1.29, 1.82) is 5.26 Å². The predicted molar refractivity (Wildman–Crippen MR) is 56.7 cm³/mol. The second kappa shape index (κ2) is 2.85. The van der Waals surface area contributed by atoms with E-state index >= 15 is 0 Å². The molecule has 0 amide bonds. The van der Waals surface area contributed by atoms with Crippen LogP contribution in [0.1, 0.15) is 32.3 Å². The van der Waals surface area contributed by atoms with Crippen molar-refractivity contribution in [2.24, 2.45) is 5.41 Å². The van der Waals surface area contributed by atoms with Crippen LogP contribution >= 0.6 is 0 Å². The van der Waals surface area contributed by atoms with Crippen LogP contribution in [0.3, 0.4) is 0 Å². The summed E-state index contributed by atoms with van der Waals surface area (Å²) in [6.45, 7) is 4.36. The van der Waals surface area contributed by atoms with Crippen molar-refractivity contribution in [3.63, 3.8) is 0 Å². The Bertz CT molecular complexity index is 366. The zero-order valence-electron chi connectivity index (χ0n) is 8.75. The van der Waals surface area contributed by atoms with Crippen LogP contribution in [0.25, 0.3) is 0 Å². The molecule has 1 aromatic rings. The van der Waals surface area contributed by atoms with Gasteiger partial charge in [-0.25, -0.2) is 0 Å². The lowest BCUT2D eigenvalue weighted by Crippen LogP contribution is -2.29. The third-order valence-corrected chi connectivity index (χ3v) is 3.66. The maximum absolute atomic E-state index is 9.20. The summed E-state index contributed by atoms with van der Waals surface area (Å²) in [4.78, 5) is 0. The molecule has 0 N–H and O–H groups in total. The second-order valence-electron chi connectivity index (χ2n) is 4.68. The Kier molecular flexibility index (Phi) is 1.89. The zero-order valence-corrected chi connectivity index (χ0v) is 8.75. The highest BCUT2D eigenvalue weighted by molar-refractivity contribution is 5.34. The molecule has 2 rings (SSSR count). The van der Waals surface area contributed by atoms with E-state index in [1.807, 2.05) is 18.2 Å². The van der Waals surface area contributed by atoms with Gasteiger partial charge >= 0.3 is 0 Å². The predicted octanol–water partition coefficient (Wildman–Crippen LogP) is 3.27. The molecule has 0 aromatic heterocycles. The lowest BCUT2D eigenvalue weighted by Gasteiger charge is -2.30. The normalized spacial score (nSPS) is 18.6. The average molecular weight is 185 g/mol. The second-order valence-corrected chi connectivity index (χ2v) is 4.68. The first kappa shape index (κ1) is 9.27. The van der Waals surface area contributed by atoms with Crippen LogP contribution in [0.2, 0.25) is 0 Å². The molecule has 1 aliphatic carbocycles. The SMILES string of the molecule is CC(C)(c1ccccc1)C1(C#N)CC1. The van der Waals surface area contributed by atoms with Crippen molar-refractivity contribution >= 4 is 0 Å². The van der Waals surface area contributed by atoms with Crippen molar-refractivity contribution < 1.29 is 0 Å². The number of nitriles is 1. The van der Waals surface area contributed by atoms with Gasteiger partial charge in [-0.3, -0.25) is 0 Å². The summed E-state index contributed by atoms with van der Waals surface area (Å²) in [5.74, 6) is 0. The molecule has 1 aromatic carbocycles. The third-order valence-electron chi connectivity index (χ3n) is 3.66. The van der Waals surface area contributed by atoms with E-state index in [0.29, 0.717) is 0 Å². The molecule has 0 saturated heterocycles. The van der Waals surface area contributed by atoms with Gasteiger partial charge in [-0.2, -0.15) is 5.26 Å². The molecule has 0 aliphatic heterocycles. The van der Waals surface area contributed by atoms with Gasteiger partial charge in [0.05, 0.1) is 11.5 Å². The average Bonchev–Trinajstić information content (AvgIpc) is 3.00. The summed E-state index contributed by atoms with van der Waals surface area (Å²) in [7, 11) is 0. The van der Waals surface area contributed by atoms with Gasteiger partial charge in [0, 0.05) is 5.41 Å². The maximum Gasteiger partial charge on any atom is 0.0698 e. The summed E-state index contributed by atoms with van der Waals surface area (Å²) in [6.07, 6.45) is 2.09. The molecule has 1 aliphatic rings. The number of hydrogen-bond donors (Lipinski definition) is 0. The minimum Gasteiger partial charge on any atom is -0.198 e. The Hall–Kier alpha value is -1.29. The Balaban J connectivity index is 2.39. The topological polar surface area (TPSA) is 23.8 Å². The molecule has 0 bridgehead atoms. The van der Waals surface area contributed by atoms with Gasteiger partial charge < -0.3 is 0 Å². The Morgan fingerprint density at radius 3 is 2.21 bits per heavy atom. The van der Waals surface area contributed by atoms with E-state index in [-0.39, 0.29) is 10.8 Å². The monoisotopic (exact) mass is 185 g/mol. The van der Waals surface area contributed by atoms with Crippen molar-refractivity contribution in [2.75, 3.05) is 0 Å². The number of hydrogen-bond acceptors (Lipinski definition) is 1. The standard InChI is InChI=1S/C13H15N/c1-12(2,13(10-14)8-9-13)11-6-4-3-5-7-11/h3-7H,8-9H2,1-2H3. The number of nitrogens with zero attached hydrogens (tertiary/aromatic N) is 1. The van der Waals surface area contributed by atoms with Crippen LogP contribution in [0.4, 0.5) is 0 Å². The van der Waals surface area contributed by atoms with Crippen LogP contribution in [0, 0.1) is 16.7 Å². The molecule has 0 unspecified atom stereocenters. The van der Waals surface area contributed by atoms with Crippen LogP contribution in [0.5, 0.6) is 0 Å². The highest BCUT2D eigenvalue weighted by Gasteiger charge is 2.55. The van der Waals surface area contributed by atoms with Gasteiger partial charge in [-0.15, -0.1) is 0 Å². The summed E-state index contributed by atoms with van der Waals surface area (Å²) in [5.41, 5.74) is 1.16. The molecule has 1 nitrogen and oxygen atoms in total. The smallest absolute Gasteiger partial charge is 0.0698 e. The maximum atomic E-state index is 9.20. The van der Waals surface area contributed by atoms with Crippen molar-refractivity contribution in [1.82, 2.24) is 0 Å². The van der Waals surface area contributed by atoms with E-state index in [4.69, 9.17) is 0 Å². The van der Waals surface area contributed by atoms with E-state index < -0.39 is 0 Å². The summed E-state index contributed by atoms with van der Waals surface area (Å²) >= 11 is 0. The summed E-state index contributed by atoms with van der Waals surface area (Å²) < 4.78 is 0. The van der Waals surface area contributed by atoms with Gasteiger partial charge in [0.1, 0.15) is 0 Å². The van der Waals surface area contributed by atoms with E-state index in [9.17, 15) is 5.26 Å². The quantitative estimate of drug-likeness (QED) is 0.693. The van der Waals surface area contributed by atoms with Gasteiger partial charge in [0.2, 0.25) is 0 Å². The van der Waals surface area contributed by atoms with Crippen LogP contribution in [-0.4, -0.2) is 0 Å². The van der Waals surface area contributed by atoms with E-state index in [0.717, 1.165) is 12.8 Å². The molecule has 14 heavy (non-hydrogen) atoms. The first-order chi connectivity index (χ1) is 6.62. The lowest BCUT2D eigenvalue weighted by molar-refractivity contribution is 0.370. The highest BCUT2D eigenvalue weighted by Crippen LogP contribution is 2.58. The zero-order chi connectivity index (χ0) is 10.2. The Morgan fingerprint density at radius 1 is 1.21 bits per heavy atom. The molecule has 1 saturated carbocycles. The molecule has 0 atom stereocenters. The molecular weight excluding hydrogens is 170 g/mol. The van der Waals surface area contributed by atoms with Crippen LogP contribution < -0.4 is 0 Å². The third kappa shape index (κ3) is 1.14. The van der Waals surface area contributed by atoms with Crippen molar-refractivity contribution in [2.45, 2.75) is 32.1 Å². The fraction of sp³-hybridized carbons (Fsp3) is 0.462. The van der Waals surface area contributed by atoms with Crippen LogP contribution in [-0.2, 0) is 5.41 Å². The van der Waals surface area contributed by atoms with E-state index in [2.05, 4.69) is 32.0 Å². The molecule has 72 valence electrons. The first-order valence-electron chi connectivity index (χ1n) is 5.09. The number of benzene rings is 1. The first-order valence-corrected chi connectivity index (χ1v) is 5.09. The number of rotatable bonds is 2. The fourth-order valence-electron chi connectivity index (χ4n) is 2.13. The van der Waals surface area contributed by atoms with Gasteiger partial charge in [0.25, 0.3) is 0 Å². The lowest BCUT2D eigenvalue weighted by atomic mass is 9.71. The van der Waals surface area contributed by atoms with Gasteiger partial charge in [-0.05, 0) is 18.4 Å². The fourth-order valence-corrected chi connectivity index (χ4v) is 2.13. The Morgan fingerprint density at radius 2 is 1.79 bits per heavy atom. The van der Waals surface area contributed by atoms with Gasteiger partial charge in [0.15, 0.2) is 0 Å². The molecule has 1 heteroatoms. The summed E-state index contributed by atoms with van der Waals surface area (Å²) in [6, 6.07) is 12.8. The minimum atomic E-state index is -0.103. The van der Waals surface area contributed by atoms with Crippen molar-refractivity contribution in [3.05, 3.63) is 35.9 Å². The molecular formula is C13H15N. The molecule has 1 fully saturated rings. The molecule has 0 heterocycles. The summed E-state index contributed by atoms with van der Waals surface area (Å²) in [5, 5.41) is 9.20.